The Labute approximate surface area is 78.1 Å². The maximum absolute atomic E-state index is 8.59. The summed E-state index contributed by atoms with van der Waals surface area (Å²) in [7, 11) is 0. The van der Waals surface area contributed by atoms with Gasteiger partial charge in [-0.25, -0.2) is 0 Å². The van der Waals surface area contributed by atoms with Gasteiger partial charge >= 0.3 is 0 Å². The molecule has 1 aromatic carbocycles. The molecule has 0 radical (unpaired) electrons. The van der Waals surface area contributed by atoms with Crippen molar-refractivity contribution in [3.8, 4) is 0 Å². The van der Waals surface area contributed by atoms with Crippen LogP contribution in [0.2, 0.25) is 0 Å². The van der Waals surface area contributed by atoms with Crippen molar-refractivity contribution in [1.29, 1.82) is 0 Å². The van der Waals surface area contributed by atoms with Gasteiger partial charge < -0.3 is 15.6 Å². The summed E-state index contributed by atoms with van der Waals surface area (Å²) in [5.41, 5.74) is 6.59. The number of aliphatic hydroxyl groups excluding tert-OH is 1. The van der Waals surface area contributed by atoms with Crippen molar-refractivity contribution < 1.29 is 9.84 Å². The lowest BCUT2D eigenvalue weighted by molar-refractivity contribution is 0.0329. The molecule has 0 amide bonds. The monoisotopic (exact) mass is 181 g/mol. The minimum atomic E-state index is -0.103. The van der Waals surface area contributed by atoms with Gasteiger partial charge in [0.1, 0.15) is 0 Å². The third-order valence-corrected chi connectivity index (χ3v) is 1.80. The minimum Gasteiger partial charge on any atom is -0.394 e. The molecule has 1 rings (SSSR count). The molecule has 0 aromatic heterocycles. The summed E-state index contributed by atoms with van der Waals surface area (Å²) in [6.45, 7) is 0.796. The lowest BCUT2D eigenvalue weighted by Gasteiger charge is -2.15. The summed E-state index contributed by atoms with van der Waals surface area (Å²) >= 11 is 0. The molecule has 0 saturated heterocycles. The Balaban J connectivity index is 2.56. The molecule has 13 heavy (non-hydrogen) atoms. The lowest BCUT2D eigenvalue weighted by Crippen LogP contribution is -2.17. The smallest absolute Gasteiger partial charge is 0.0948 e. The molecular weight excluding hydrogens is 166 g/mol. The number of hydrogen-bond donors (Lipinski definition) is 2. The Morgan fingerprint density at radius 3 is 2.54 bits per heavy atom. The van der Waals surface area contributed by atoms with Crippen LogP contribution in [0.25, 0.3) is 0 Å². The highest BCUT2D eigenvalue weighted by atomic mass is 16.5. The quantitative estimate of drug-likeness (QED) is 0.703. The van der Waals surface area contributed by atoms with Gasteiger partial charge in [0, 0.05) is 6.54 Å². The largest absolute Gasteiger partial charge is 0.394 e. The molecule has 1 unspecified atom stereocenters. The molecule has 0 spiro atoms. The molecule has 0 fully saturated rings. The van der Waals surface area contributed by atoms with Crippen LogP contribution in [0.15, 0.2) is 30.3 Å². The highest BCUT2D eigenvalue weighted by molar-refractivity contribution is 5.17. The van der Waals surface area contributed by atoms with Crippen molar-refractivity contribution in [2.75, 3.05) is 19.8 Å². The number of benzene rings is 1. The molecule has 1 aromatic rings. The molecule has 1 atom stereocenters. The predicted molar refractivity (Wildman–Crippen MR) is 51.3 cm³/mol. The topological polar surface area (TPSA) is 55.5 Å². The Bertz CT molecular complexity index is 226. The first-order valence-corrected chi connectivity index (χ1v) is 4.36. The fourth-order valence-corrected chi connectivity index (χ4v) is 1.16. The first-order chi connectivity index (χ1) is 6.38. The standard InChI is InChI=1S/C10H15NO2/c11-8-10(13-7-6-12)9-4-2-1-3-5-9/h1-5,10,12H,6-8,11H2. The molecule has 72 valence electrons. The van der Waals surface area contributed by atoms with Crippen LogP contribution in [0.1, 0.15) is 11.7 Å². The zero-order chi connectivity index (χ0) is 9.52. The molecule has 0 aliphatic heterocycles. The average molecular weight is 181 g/mol. The van der Waals surface area contributed by atoms with Gasteiger partial charge in [-0.1, -0.05) is 30.3 Å². The van der Waals surface area contributed by atoms with Crippen LogP contribution in [-0.4, -0.2) is 24.9 Å². The van der Waals surface area contributed by atoms with Gasteiger partial charge in [-0.15, -0.1) is 0 Å². The highest BCUT2D eigenvalue weighted by Gasteiger charge is 2.07. The Kier molecular flexibility index (Phi) is 4.46. The average Bonchev–Trinajstić information content (AvgIpc) is 2.21. The van der Waals surface area contributed by atoms with Gasteiger partial charge in [0.2, 0.25) is 0 Å². The van der Waals surface area contributed by atoms with Crippen LogP contribution in [0, 0.1) is 0 Å². The second-order valence-electron chi connectivity index (χ2n) is 2.73. The van der Waals surface area contributed by atoms with E-state index in [0.29, 0.717) is 13.2 Å². The molecular formula is C10H15NO2. The summed E-state index contributed by atoms with van der Waals surface area (Å²) < 4.78 is 5.35. The maximum Gasteiger partial charge on any atom is 0.0948 e. The molecule has 3 N–H and O–H groups in total. The first kappa shape index (κ1) is 10.2. The Morgan fingerprint density at radius 1 is 1.31 bits per heavy atom. The second-order valence-corrected chi connectivity index (χ2v) is 2.73. The maximum atomic E-state index is 8.59. The van der Waals surface area contributed by atoms with Gasteiger partial charge in [-0.3, -0.25) is 0 Å². The van der Waals surface area contributed by atoms with Crippen LogP contribution in [0.4, 0.5) is 0 Å². The highest BCUT2D eigenvalue weighted by Crippen LogP contribution is 2.14. The van der Waals surface area contributed by atoms with E-state index in [1.807, 2.05) is 30.3 Å². The zero-order valence-electron chi connectivity index (χ0n) is 7.52. The van der Waals surface area contributed by atoms with E-state index < -0.39 is 0 Å². The first-order valence-electron chi connectivity index (χ1n) is 4.36. The zero-order valence-corrected chi connectivity index (χ0v) is 7.52. The van der Waals surface area contributed by atoms with Gasteiger partial charge in [0.05, 0.1) is 19.3 Å². The van der Waals surface area contributed by atoms with Crippen LogP contribution in [0.3, 0.4) is 0 Å². The van der Waals surface area contributed by atoms with Gasteiger partial charge in [-0.05, 0) is 5.56 Å². The summed E-state index contributed by atoms with van der Waals surface area (Å²) in [5.74, 6) is 0. The van der Waals surface area contributed by atoms with Crippen molar-refractivity contribution in [2.24, 2.45) is 5.73 Å². The molecule has 0 heterocycles. The van der Waals surface area contributed by atoms with Crippen LogP contribution in [-0.2, 0) is 4.74 Å². The molecule has 3 nitrogen and oxygen atoms in total. The van der Waals surface area contributed by atoms with E-state index in [-0.39, 0.29) is 12.7 Å². The SMILES string of the molecule is NCC(OCCO)c1ccccc1. The third kappa shape index (κ3) is 3.14. The molecule has 0 saturated carbocycles. The molecule has 0 aliphatic rings. The van der Waals surface area contributed by atoms with Gasteiger partial charge in [0.25, 0.3) is 0 Å². The normalized spacial score (nSPS) is 12.8. The van der Waals surface area contributed by atoms with Crippen molar-refractivity contribution in [2.45, 2.75) is 6.10 Å². The summed E-state index contributed by atoms with van der Waals surface area (Å²) in [4.78, 5) is 0. The van der Waals surface area contributed by atoms with E-state index in [1.165, 1.54) is 0 Å². The van der Waals surface area contributed by atoms with E-state index in [0.717, 1.165) is 5.56 Å². The van der Waals surface area contributed by atoms with E-state index >= 15 is 0 Å². The number of aliphatic hydroxyl groups is 1. The van der Waals surface area contributed by atoms with E-state index in [2.05, 4.69) is 0 Å². The van der Waals surface area contributed by atoms with E-state index in [9.17, 15) is 0 Å². The lowest BCUT2D eigenvalue weighted by atomic mass is 10.1. The van der Waals surface area contributed by atoms with Crippen molar-refractivity contribution in [3.63, 3.8) is 0 Å². The van der Waals surface area contributed by atoms with Crippen molar-refractivity contribution in [1.82, 2.24) is 0 Å². The minimum absolute atomic E-state index is 0.0311. The number of hydrogen-bond acceptors (Lipinski definition) is 3. The van der Waals surface area contributed by atoms with Crippen molar-refractivity contribution >= 4 is 0 Å². The fourth-order valence-electron chi connectivity index (χ4n) is 1.16. The van der Waals surface area contributed by atoms with E-state index in [1.54, 1.807) is 0 Å². The van der Waals surface area contributed by atoms with Gasteiger partial charge in [-0.2, -0.15) is 0 Å². The van der Waals surface area contributed by atoms with Crippen molar-refractivity contribution in [3.05, 3.63) is 35.9 Å². The predicted octanol–water partition coefficient (Wildman–Crippen LogP) is 0.695. The molecule has 0 bridgehead atoms. The van der Waals surface area contributed by atoms with Gasteiger partial charge in [0.15, 0.2) is 0 Å². The van der Waals surface area contributed by atoms with E-state index in [4.69, 9.17) is 15.6 Å². The number of nitrogens with two attached hydrogens (primary N) is 1. The summed E-state index contributed by atoms with van der Waals surface area (Å²) in [6.07, 6.45) is -0.103. The third-order valence-electron chi connectivity index (χ3n) is 1.80. The van der Waals surface area contributed by atoms with Crippen LogP contribution in [0.5, 0.6) is 0 Å². The fraction of sp³-hybridized carbons (Fsp3) is 0.400. The number of ether oxygens (including phenoxy) is 1. The number of rotatable bonds is 5. The summed E-state index contributed by atoms with van der Waals surface area (Å²) in [5, 5.41) is 8.59. The Morgan fingerprint density at radius 2 is 2.00 bits per heavy atom. The second kappa shape index (κ2) is 5.70. The summed E-state index contributed by atoms with van der Waals surface area (Å²) in [6, 6.07) is 9.77. The molecule has 3 heteroatoms. The molecule has 0 aliphatic carbocycles. The van der Waals surface area contributed by atoms with Crippen LogP contribution >= 0.6 is 0 Å². The Hall–Kier alpha value is -0.900. The van der Waals surface area contributed by atoms with Crippen LogP contribution < -0.4 is 5.73 Å².